The van der Waals surface area contributed by atoms with Crippen molar-refractivity contribution in [2.75, 3.05) is 19.8 Å². The van der Waals surface area contributed by atoms with Crippen LogP contribution in [0.15, 0.2) is 106 Å². The summed E-state index contributed by atoms with van der Waals surface area (Å²) in [6.45, 7) is 0.599. The standard InChI is InChI=1S/C29H29N5O3/c35-20-28(33-26-25(27(36)34-28)30-21-31-26)32-18-10-11-19-37-29(22-12-4-1-5-13-22,23-14-6-2-7-15-23)24-16-8-3-9-17-24/h1-9,12-17,21,32,35H,10-11,18-20H2,(H,34,36). The van der Waals surface area contributed by atoms with E-state index in [0.717, 1.165) is 29.5 Å². The Kier molecular flexibility index (Phi) is 7.32. The van der Waals surface area contributed by atoms with E-state index in [0.29, 0.717) is 13.2 Å². The molecule has 37 heavy (non-hydrogen) atoms. The van der Waals surface area contributed by atoms with Gasteiger partial charge in [-0.15, -0.1) is 0 Å². The second kappa shape index (κ2) is 11.0. The third kappa shape index (κ3) is 4.99. The highest BCUT2D eigenvalue weighted by Crippen LogP contribution is 2.40. The minimum absolute atomic E-state index is 0.165. The van der Waals surface area contributed by atoms with Gasteiger partial charge in [-0.05, 0) is 36.1 Å². The Morgan fingerprint density at radius 3 is 1.97 bits per heavy atom. The summed E-state index contributed by atoms with van der Waals surface area (Å²) in [6.07, 6.45) is 2.77. The molecule has 2 aliphatic heterocycles. The lowest BCUT2D eigenvalue weighted by Gasteiger charge is -2.36. The van der Waals surface area contributed by atoms with E-state index in [1.165, 1.54) is 6.34 Å². The van der Waals surface area contributed by atoms with E-state index >= 15 is 0 Å². The maximum absolute atomic E-state index is 12.3. The highest BCUT2D eigenvalue weighted by Gasteiger charge is 2.40. The highest BCUT2D eigenvalue weighted by atomic mass is 16.5. The Morgan fingerprint density at radius 2 is 1.43 bits per heavy atom. The zero-order valence-electron chi connectivity index (χ0n) is 20.4. The van der Waals surface area contributed by atoms with E-state index in [9.17, 15) is 9.90 Å². The number of aliphatic imine (C=N–C) groups is 3. The van der Waals surface area contributed by atoms with E-state index in [4.69, 9.17) is 4.74 Å². The number of unbranched alkanes of at least 4 members (excludes halogenated alkanes) is 1. The number of nitrogens with one attached hydrogen (secondary N) is 2. The molecular weight excluding hydrogens is 466 g/mol. The fourth-order valence-corrected chi connectivity index (χ4v) is 4.69. The van der Waals surface area contributed by atoms with Gasteiger partial charge in [-0.3, -0.25) is 10.1 Å². The van der Waals surface area contributed by atoms with E-state index in [2.05, 4.69) is 62.0 Å². The molecule has 188 valence electrons. The van der Waals surface area contributed by atoms with Crippen molar-refractivity contribution in [1.29, 1.82) is 0 Å². The largest absolute Gasteiger partial charge is 0.390 e. The molecule has 2 heterocycles. The monoisotopic (exact) mass is 495 g/mol. The van der Waals surface area contributed by atoms with Gasteiger partial charge in [0.25, 0.3) is 5.91 Å². The van der Waals surface area contributed by atoms with Crippen LogP contribution in [0.2, 0.25) is 0 Å². The van der Waals surface area contributed by atoms with E-state index in [1.807, 2.05) is 54.6 Å². The molecule has 5 rings (SSSR count). The van der Waals surface area contributed by atoms with Crippen LogP contribution in [0.25, 0.3) is 0 Å². The number of aliphatic hydroxyl groups excluding tert-OH is 1. The first-order valence-corrected chi connectivity index (χ1v) is 12.4. The Labute approximate surface area is 215 Å². The van der Waals surface area contributed by atoms with Crippen LogP contribution in [0.3, 0.4) is 0 Å². The normalized spacial score (nSPS) is 18.7. The van der Waals surface area contributed by atoms with E-state index in [1.54, 1.807) is 0 Å². The molecule has 3 aromatic rings. The summed E-state index contributed by atoms with van der Waals surface area (Å²) >= 11 is 0. The summed E-state index contributed by atoms with van der Waals surface area (Å²) in [4.78, 5) is 24.6. The Morgan fingerprint density at radius 1 is 0.865 bits per heavy atom. The molecule has 0 bridgehead atoms. The SMILES string of the molecule is O=C1NC(CO)(NCCCCOC(c2ccccc2)(c2ccccc2)c2ccccc2)N=C2N=CN=C12. The fourth-order valence-electron chi connectivity index (χ4n) is 4.69. The average Bonchev–Trinajstić information content (AvgIpc) is 3.43. The Balaban J connectivity index is 1.30. The summed E-state index contributed by atoms with van der Waals surface area (Å²) in [5.74, 6) is -1.49. The number of fused-ring (bicyclic) bond motifs is 1. The van der Waals surface area contributed by atoms with Crippen molar-refractivity contribution in [3.8, 4) is 0 Å². The number of ether oxygens (including phenoxy) is 1. The van der Waals surface area contributed by atoms with Gasteiger partial charge in [-0.25, -0.2) is 15.0 Å². The molecule has 0 saturated carbocycles. The van der Waals surface area contributed by atoms with Gasteiger partial charge >= 0.3 is 0 Å². The van der Waals surface area contributed by atoms with Crippen LogP contribution in [0, 0.1) is 0 Å². The third-order valence-electron chi connectivity index (χ3n) is 6.49. The number of aliphatic hydroxyl groups is 1. The van der Waals surface area contributed by atoms with E-state index in [-0.39, 0.29) is 11.5 Å². The second-order valence-electron chi connectivity index (χ2n) is 8.89. The molecule has 1 amide bonds. The van der Waals surface area contributed by atoms with Gasteiger partial charge < -0.3 is 15.2 Å². The molecule has 8 nitrogen and oxygen atoms in total. The lowest BCUT2D eigenvalue weighted by Crippen LogP contribution is -2.65. The van der Waals surface area contributed by atoms with Crippen LogP contribution < -0.4 is 10.6 Å². The molecule has 2 aliphatic rings. The molecule has 0 radical (unpaired) electrons. The summed E-state index contributed by atoms with van der Waals surface area (Å²) in [5, 5.41) is 15.8. The second-order valence-corrected chi connectivity index (χ2v) is 8.89. The van der Waals surface area contributed by atoms with Crippen LogP contribution in [0.4, 0.5) is 0 Å². The number of carbonyl (C=O) groups is 1. The summed E-state index contributed by atoms with van der Waals surface area (Å²) in [6, 6.07) is 30.8. The first kappa shape index (κ1) is 24.7. The number of nitrogens with zero attached hydrogens (tertiary/aromatic N) is 3. The lowest BCUT2D eigenvalue weighted by molar-refractivity contribution is -0.117. The van der Waals surface area contributed by atoms with Gasteiger partial charge in [0, 0.05) is 6.61 Å². The van der Waals surface area contributed by atoms with Crippen molar-refractivity contribution < 1.29 is 14.6 Å². The van der Waals surface area contributed by atoms with E-state index < -0.39 is 23.9 Å². The zero-order chi connectivity index (χ0) is 25.6. The molecule has 0 aromatic heterocycles. The van der Waals surface area contributed by atoms with Crippen molar-refractivity contribution in [3.63, 3.8) is 0 Å². The molecule has 0 aliphatic carbocycles. The van der Waals surface area contributed by atoms with Gasteiger partial charge in [0.05, 0.1) is 0 Å². The maximum atomic E-state index is 12.3. The molecule has 1 atom stereocenters. The predicted octanol–water partition coefficient (Wildman–Crippen LogP) is 3.02. The van der Waals surface area contributed by atoms with Crippen molar-refractivity contribution in [2.24, 2.45) is 15.0 Å². The first-order valence-electron chi connectivity index (χ1n) is 12.4. The summed E-state index contributed by atoms with van der Waals surface area (Å²) < 4.78 is 6.80. The minimum atomic E-state index is -1.31. The Hall–Kier alpha value is -3.98. The topological polar surface area (TPSA) is 108 Å². The third-order valence-corrected chi connectivity index (χ3v) is 6.49. The van der Waals surface area contributed by atoms with Crippen molar-refractivity contribution in [1.82, 2.24) is 10.6 Å². The molecule has 0 saturated heterocycles. The van der Waals surface area contributed by atoms with Gasteiger partial charge in [-0.1, -0.05) is 91.0 Å². The summed E-state index contributed by atoms with van der Waals surface area (Å²) in [7, 11) is 0. The fraction of sp³-hybridized carbons (Fsp3) is 0.241. The van der Waals surface area contributed by atoms with Crippen LogP contribution in [0.1, 0.15) is 29.5 Å². The number of amides is 1. The molecule has 3 aromatic carbocycles. The minimum Gasteiger partial charge on any atom is -0.390 e. The first-order chi connectivity index (χ1) is 18.2. The smallest absolute Gasteiger partial charge is 0.276 e. The Bertz CT molecular complexity index is 1210. The van der Waals surface area contributed by atoms with Crippen LogP contribution in [-0.2, 0) is 15.1 Å². The molecule has 0 spiro atoms. The van der Waals surface area contributed by atoms with Gasteiger partial charge in [0.15, 0.2) is 11.5 Å². The molecule has 3 N–H and O–H groups in total. The number of hydrogen-bond acceptors (Lipinski definition) is 7. The number of amidine groups is 1. The van der Waals surface area contributed by atoms with Crippen molar-refractivity contribution >= 4 is 23.8 Å². The van der Waals surface area contributed by atoms with Crippen molar-refractivity contribution in [3.05, 3.63) is 108 Å². The quantitative estimate of drug-likeness (QED) is 0.281. The number of rotatable bonds is 11. The summed E-state index contributed by atoms with van der Waals surface area (Å²) in [5.41, 5.74) is 2.57. The van der Waals surface area contributed by atoms with Crippen LogP contribution in [-0.4, -0.2) is 54.4 Å². The molecule has 1 unspecified atom stereocenters. The highest BCUT2D eigenvalue weighted by molar-refractivity contribution is 6.69. The predicted molar refractivity (Wildman–Crippen MR) is 144 cm³/mol. The zero-order valence-corrected chi connectivity index (χ0v) is 20.4. The number of carbonyl (C=O) groups excluding carboxylic acids is 1. The molecule has 8 heteroatoms. The molecular formula is C29H29N5O3. The number of hydrogen-bond donors (Lipinski definition) is 3. The van der Waals surface area contributed by atoms with Gasteiger partial charge in [0.1, 0.15) is 18.5 Å². The van der Waals surface area contributed by atoms with Gasteiger partial charge in [0.2, 0.25) is 5.79 Å². The molecule has 0 fully saturated rings. The number of benzene rings is 3. The lowest BCUT2D eigenvalue weighted by atomic mass is 9.80. The van der Waals surface area contributed by atoms with Crippen molar-refractivity contribution in [2.45, 2.75) is 24.2 Å². The van der Waals surface area contributed by atoms with Crippen LogP contribution in [0.5, 0.6) is 0 Å². The average molecular weight is 496 g/mol. The van der Waals surface area contributed by atoms with Crippen LogP contribution >= 0.6 is 0 Å². The maximum Gasteiger partial charge on any atom is 0.276 e. The van der Waals surface area contributed by atoms with Gasteiger partial charge in [-0.2, -0.15) is 0 Å².